The van der Waals surface area contributed by atoms with Gasteiger partial charge in [-0.1, -0.05) is 20.8 Å². The molecule has 0 heterocycles. The van der Waals surface area contributed by atoms with E-state index in [1.54, 1.807) is 0 Å². The van der Waals surface area contributed by atoms with Crippen LogP contribution in [0.2, 0.25) is 0 Å². The van der Waals surface area contributed by atoms with Gasteiger partial charge in [0.05, 0.1) is 6.07 Å². The van der Waals surface area contributed by atoms with Crippen LogP contribution >= 0.6 is 11.8 Å². The molecule has 1 saturated carbocycles. The molecule has 1 aliphatic rings. The van der Waals surface area contributed by atoms with E-state index in [9.17, 15) is 0 Å². The van der Waals surface area contributed by atoms with Gasteiger partial charge in [-0.2, -0.15) is 17.0 Å². The highest BCUT2D eigenvalue weighted by Crippen LogP contribution is 2.30. The smallest absolute Gasteiger partial charge is 0.0621 e. The SMILES string of the molecule is CCSC1CCC(NCC(C)(C)CCC#N)C1. The molecule has 3 heteroatoms. The molecule has 0 aliphatic heterocycles. The summed E-state index contributed by atoms with van der Waals surface area (Å²) in [6.07, 6.45) is 5.69. The lowest BCUT2D eigenvalue weighted by Crippen LogP contribution is -2.35. The Balaban J connectivity index is 2.20. The van der Waals surface area contributed by atoms with E-state index in [2.05, 4.69) is 43.9 Å². The van der Waals surface area contributed by atoms with Gasteiger partial charge in [-0.15, -0.1) is 0 Å². The first-order chi connectivity index (χ1) is 8.07. The zero-order chi connectivity index (χ0) is 12.7. The predicted octanol–water partition coefficient (Wildman–Crippen LogP) is 3.58. The highest BCUT2D eigenvalue weighted by Gasteiger charge is 2.26. The van der Waals surface area contributed by atoms with Crippen molar-refractivity contribution in [3.8, 4) is 6.07 Å². The fourth-order valence-corrected chi connectivity index (χ4v) is 3.56. The van der Waals surface area contributed by atoms with Crippen LogP contribution in [0.15, 0.2) is 0 Å². The molecule has 2 nitrogen and oxygen atoms in total. The Bertz CT molecular complexity index is 257. The lowest BCUT2D eigenvalue weighted by molar-refractivity contribution is 0.300. The fraction of sp³-hybridized carbons (Fsp3) is 0.929. The van der Waals surface area contributed by atoms with Crippen LogP contribution in [0.25, 0.3) is 0 Å². The Morgan fingerprint density at radius 2 is 2.18 bits per heavy atom. The van der Waals surface area contributed by atoms with E-state index < -0.39 is 0 Å². The van der Waals surface area contributed by atoms with Crippen molar-refractivity contribution in [1.82, 2.24) is 5.32 Å². The third-order valence-electron chi connectivity index (χ3n) is 3.57. The van der Waals surface area contributed by atoms with E-state index in [4.69, 9.17) is 5.26 Å². The molecule has 1 N–H and O–H groups in total. The summed E-state index contributed by atoms with van der Waals surface area (Å²) in [5.74, 6) is 1.24. The molecule has 0 radical (unpaired) electrons. The zero-order valence-electron chi connectivity index (χ0n) is 11.5. The van der Waals surface area contributed by atoms with Gasteiger partial charge >= 0.3 is 0 Å². The number of nitrogens with one attached hydrogen (secondary N) is 1. The highest BCUT2D eigenvalue weighted by atomic mass is 32.2. The molecular weight excluding hydrogens is 228 g/mol. The van der Waals surface area contributed by atoms with Crippen LogP contribution in [-0.4, -0.2) is 23.6 Å². The summed E-state index contributed by atoms with van der Waals surface area (Å²) in [5.41, 5.74) is 0.256. The second-order valence-corrected chi connectivity index (χ2v) is 7.37. The molecule has 0 aromatic heterocycles. The van der Waals surface area contributed by atoms with Gasteiger partial charge in [0.25, 0.3) is 0 Å². The van der Waals surface area contributed by atoms with Crippen LogP contribution in [0.4, 0.5) is 0 Å². The maximum Gasteiger partial charge on any atom is 0.0621 e. The van der Waals surface area contributed by atoms with E-state index in [1.807, 2.05) is 0 Å². The van der Waals surface area contributed by atoms with Crippen LogP contribution in [0.5, 0.6) is 0 Å². The van der Waals surface area contributed by atoms with Crippen LogP contribution in [0.1, 0.15) is 52.9 Å². The molecule has 2 atom stereocenters. The van der Waals surface area contributed by atoms with Crippen molar-refractivity contribution in [2.24, 2.45) is 5.41 Å². The first-order valence-electron chi connectivity index (χ1n) is 6.79. The van der Waals surface area contributed by atoms with Gasteiger partial charge in [-0.25, -0.2) is 0 Å². The van der Waals surface area contributed by atoms with Crippen molar-refractivity contribution in [3.05, 3.63) is 0 Å². The summed E-state index contributed by atoms with van der Waals surface area (Å²) >= 11 is 2.11. The molecule has 0 aromatic carbocycles. The minimum absolute atomic E-state index is 0.256. The van der Waals surface area contributed by atoms with Crippen LogP contribution in [-0.2, 0) is 0 Å². The standard InChI is InChI=1S/C14H26N2S/c1-4-17-13-7-6-12(10-13)16-11-14(2,3)8-5-9-15/h12-13,16H,4-8,10-11H2,1-3H3. The number of thioether (sulfide) groups is 1. The molecule has 1 rings (SSSR count). The van der Waals surface area contributed by atoms with E-state index in [0.29, 0.717) is 12.5 Å². The third-order valence-corrected chi connectivity index (χ3v) is 4.80. The van der Waals surface area contributed by atoms with Gasteiger partial charge in [-0.05, 0) is 36.9 Å². The van der Waals surface area contributed by atoms with Gasteiger partial charge in [-0.3, -0.25) is 0 Å². The minimum Gasteiger partial charge on any atom is -0.313 e. The van der Waals surface area contributed by atoms with E-state index >= 15 is 0 Å². The van der Waals surface area contributed by atoms with Crippen molar-refractivity contribution >= 4 is 11.8 Å². The van der Waals surface area contributed by atoms with Crippen LogP contribution < -0.4 is 5.32 Å². The maximum absolute atomic E-state index is 8.63. The normalized spacial score (nSPS) is 24.8. The number of rotatable bonds is 7. The summed E-state index contributed by atoms with van der Waals surface area (Å²) in [5, 5.41) is 13.2. The molecule has 0 bridgehead atoms. The van der Waals surface area contributed by atoms with Crippen molar-refractivity contribution < 1.29 is 0 Å². The average Bonchev–Trinajstić information content (AvgIpc) is 2.73. The first kappa shape index (κ1) is 14.9. The molecule has 17 heavy (non-hydrogen) atoms. The summed E-state index contributed by atoms with van der Waals surface area (Å²) in [6, 6.07) is 2.95. The van der Waals surface area contributed by atoms with Gasteiger partial charge in [0.1, 0.15) is 0 Å². The molecule has 98 valence electrons. The first-order valence-corrected chi connectivity index (χ1v) is 7.84. The third kappa shape index (κ3) is 5.79. The second-order valence-electron chi connectivity index (χ2n) is 5.79. The van der Waals surface area contributed by atoms with Gasteiger partial charge < -0.3 is 5.32 Å². The molecule has 0 aromatic rings. The Kier molecular flexibility index (Phi) is 6.37. The Morgan fingerprint density at radius 1 is 1.41 bits per heavy atom. The van der Waals surface area contributed by atoms with E-state index in [0.717, 1.165) is 18.2 Å². The molecular formula is C14H26N2S. The quantitative estimate of drug-likeness (QED) is 0.754. The van der Waals surface area contributed by atoms with Crippen molar-refractivity contribution in [2.75, 3.05) is 12.3 Å². The van der Waals surface area contributed by atoms with Crippen molar-refractivity contribution in [1.29, 1.82) is 5.26 Å². The number of nitriles is 1. The molecule has 0 saturated heterocycles. The topological polar surface area (TPSA) is 35.8 Å². The Morgan fingerprint density at radius 3 is 2.82 bits per heavy atom. The highest BCUT2D eigenvalue weighted by molar-refractivity contribution is 7.99. The lowest BCUT2D eigenvalue weighted by Gasteiger charge is -2.26. The molecule has 0 spiro atoms. The van der Waals surface area contributed by atoms with Crippen LogP contribution in [0, 0.1) is 16.7 Å². The Labute approximate surface area is 111 Å². The molecule has 1 aliphatic carbocycles. The van der Waals surface area contributed by atoms with E-state index in [1.165, 1.54) is 25.0 Å². The maximum atomic E-state index is 8.63. The molecule has 0 amide bonds. The number of nitrogens with zero attached hydrogens (tertiary/aromatic N) is 1. The van der Waals surface area contributed by atoms with Gasteiger partial charge in [0.15, 0.2) is 0 Å². The summed E-state index contributed by atoms with van der Waals surface area (Å²) in [4.78, 5) is 0. The summed E-state index contributed by atoms with van der Waals surface area (Å²) < 4.78 is 0. The molecule has 1 fully saturated rings. The predicted molar refractivity (Wildman–Crippen MR) is 76.2 cm³/mol. The lowest BCUT2D eigenvalue weighted by atomic mass is 9.87. The van der Waals surface area contributed by atoms with Gasteiger partial charge in [0.2, 0.25) is 0 Å². The fourth-order valence-electron chi connectivity index (χ4n) is 2.42. The number of hydrogen-bond acceptors (Lipinski definition) is 3. The summed E-state index contributed by atoms with van der Waals surface area (Å²) in [7, 11) is 0. The van der Waals surface area contributed by atoms with Crippen molar-refractivity contribution in [2.45, 2.75) is 64.2 Å². The van der Waals surface area contributed by atoms with E-state index in [-0.39, 0.29) is 5.41 Å². The largest absolute Gasteiger partial charge is 0.313 e. The zero-order valence-corrected chi connectivity index (χ0v) is 12.3. The summed E-state index contributed by atoms with van der Waals surface area (Å²) in [6.45, 7) is 7.80. The molecule has 2 unspecified atom stereocenters. The minimum atomic E-state index is 0.256. The monoisotopic (exact) mass is 254 g/mol. The second kappa shape index (κ2) is 7.28. The Hall–Kier alpha value is -0.200. The average molecular weight is 254 g/mol. The van der Waals surface area contributed by atoms with Crippen LogP contribution in [0.3, 0.4) is 0 Å². The van der Waals surface area contributed by atoms with Gasteiger partial charge in [0, 0.05) is 24.3 Å². The van der Waals surface area contributed by atoms with Crippen molar-refractivity contribution in [3.63, 3.8) is 0 Å². The number of hydrogen-bond donors (Lipinski definition) is 1.